The number of hydrogen-bond donors (Lipinski definition) is 3. The number of amides is 3. The van der Waals surface area contributed by atoms with Gasteiger partial charge in [-0.1, -0.05) is 66.2 Å². The zero-order valence-electron chi connectivity index (χ0n) is 27.7. The van der Waals surface area contributed by atoms with E-state index in [9.17, 15) is 14.4 Å². The minimum atomic E-state index is -0.530. The number of anilines is 2. The third-order valence-corrected chi connectivity index (χ3v) is 8.88. The van der Waals surface area contributed by atoms with Gasteiger partial charge in [-0.05, 0) is 85.6 Å². The fourth-order valence-corrected chi connectivity index (χ4v) is 6.06. The Morgan fingerprint density at radius 1 is 0.735 bits per heavy atom. The zero-order chi connectivity index (χ0) is 34.8. The van der Waals surface area contributed by atoms with E-state index in [1.54, 1.807) is 67.8 Å². The molecular weight excluding hydrogens is 635 g/mol. The summed E-state index contributed by atoms with van der Waals surface area (Å²) >= 11 is 1.41. The summed E-state index contributed by atoms with van der Waals surface area (Å²) in [5.41, 5.74) is 5.24. The maximum absolute atomic E-state index is 13.6. The lowest BCUT2D eigenvalue weighted by Gasteiger charge is -2.18. The number of nitrogens with one attached hydrogen (secondary N) is 3. The van der Waals surface area contributed by atoms with Crippen LogP contribution in [0.15, 0.2) is 132 Å². The maximum Gasteiger partial charge on any atom is 0.272 e. The normalized spacial score (nSPS) is 11.6. The summed E-state index contributed by atoms with van der Waals surface area (Å²) in [7, 11) is 3.07. The quantitative estimate of drug-likeness (QED) is 0.0913. The average molecular weight is 672 g/mol. The number of carbonyl (C=O) groups excluding carboxylic acids is 3. The van der Waals surface area contributed by atoms with E-state index in [1.165, 1.54) is 18.9 Å². The Morgan fingerprint density at radius 2 is 1.43 bits per heavy atom. The predicted molar refractivity (Wildman–Crippen MR) is 196 cm³/mol. The topological polar surface area (TPSA) is 106 Å². The highest BCUT2D eigenvalue weighted by atomic mass is 32.2. The molecule has 3 amide bonds. The van der Waals surface area contributed by atoms with Gasteiger partial charge in [0.05, 0.1) is 14.2 Å². The summed E-state index contributed by atoms with van der Waals surface area (Å²) in [4.78, 5) is 41.2. The molecule has 0 heterocycles. The van der Waals surface area contributed by atoms with E-state index in [0.717, 1.165) is 27.3 Å². The van der Waals surface area contributed by atoms with E-state index in [0.29, 0.717) is 28.3 Å². The van der Waals surface area contributed by atoms with Crippen molar-refractivity contribution in [3.63, 3.8) is 0 Å². The number of carbonyl (C=O) groups is 3. The van der Waals surface area contributed by atoms with Gasteiger partial charge in [0.25, 0.3) is 11.8 Å². The van der Waals surface area contributed by atoms with Crippen molar-refractivity contribution in [2.24, 2.45) is 0 Å². The van der Waals surface area contributed by atoms with Crippen molar-refractivity contribution < 1.29 is 23.9 Å². The molecule has 8 nitrogen and oxygen atoms in total. The molecule has 9 heteroatoms. The molecule has 0 saturated carbocycles. The molecule has 0 aliphatic rings. The van der Waals surface area contributed by atoms with E-state index in [2.05, 4.69) is 16.0 Å². The molecule has 0 aliphatic heterocycles. The minimum absolute atomic E-state index is 0.0167. The fraction of sp³-hybridized carbons (Fsp3) is 0.125. The van der Waals surface area contributed by atoms with Crippen LogP contribution in [-0.2, 0) is 9.59 Å². The van der Waals surface area contributed by atoms with Crippen molar-refractivity contribution in [2.45, 2.75) is 24.0 Å². The molecule has 0 radical (unpaired) electrons. The molecule has 49 heavy (non-hydrogen) atoms. The number of rotatable bonds is 12. The van der Waals surface area contributed by atoms with Crippen LogP contribution in [0.2, 0.25) is 0 Å². The van der Waals surface area contributed by atoms with Gasteiger partial charge in [0, 0.05) is 33.5 Å². The zero-order valence-corrected chi connectivity index (χ0v) is 28.5. The monoisotopic (exact) mass is 671 g/mol. The number of hydrogen-bond acceptors (Lipinski definition) is 6. The van der Waals surface area contributed by atoms with E-state index in [1.807, 2.05) is 80.6 Å². The van der Waals surface area contributed by atoms with Gasteiger partial charge in [0.15, 0.2) is 0 Å². The minimum Gasteiger partial charge on any atom is -0.497 e. The molecule has 0 aromatic heterocycles. The lowest BCUT2D eigenvalue weighted by Crippen LogP contribution is -2.30. The van der Waals surface area contributed by atoms with Crippen molar-refractivity contribution in [3.05, 3.63) is 155 Å². The van der Waals surface area contributed by atoms with Crippen LogP contribution in [-0.4, -0.2) is 31.9 Å². The predicted octanol–water partition coefficient (Wildman–Crippen LogP) is 8.20. The van der Waals surface area contributed by atoms with Gasteiger partial charge in [-0.2, -0.15) is 0 Å². The Labute approximate surface area is 290 Å². The molecule has 0 spiro atoms. The molecule has 1 unspecified atom stereocenters. The van der Waals surface area contributed by atoms with Crippen LogP contribution in [0.3, 0.4) is 0 Å². The van der Waals surface area contributed by atoms with Crippen LogP contribution >= 0.6 is 11.8 Å². The summed E-state index contributed by atoms with van der Waals surface area (Å²) in [5, 5.41) is 8.20. The van der Waals surface area contributed by atoms with Crippen LogP contribution in [0.4, 0.5) is 11.4 Å². The third kappa shape index (κ3) is 9.18. The summed E-state index contributed by atoms with van der Waals surface area (Å²) in [6.45, 7) is 3.99. The van der Waals surface area contributed by atoms with Crippen LogP contribution in [0.1, 0.15) is 37.9 Å². The van der Waals surface area contributed by atoms with Crippen molar-refractivity contribution >= 4 is 46.9 Å². The Kier molecular flexibility index (Phi) is 11.5. The number of thioether (sulfide) groups is 1. The number of benzene rings is 5. The van der Waals surface area contributed by atoms with Gasteiger partial charge in [0.1, 0.15) is 22.4 Å². The van der Waals surface area contributed by atoms with Gasteiger partial charge in [0.2, 0.25) is 5.91 Å². The Morgan fingerprint density at radius 3 is 2.08 bits per heavy atom. The molecule has 5 aromatic carbocycles. The average Bonchev–Trinajstić information content (AvgIpc) is 3.12. The first-order chi connectivity index (χ1) is 23.7. The first kappa shape index (κ1) is 34.5. The lowest BCUT2D eigenvalue weighted by atomic mass is 10.1. The van der Waals surface area contributed by atoms with E-state index in [4.69, 9.17) is 9.47 Å². The summed E-state index contributed by atoms with van der Waals surface area (Å²) in [5.74, 6) is -0.0543. The molecule has 0 saturated heterocycles. The van der Waals surface area contributed by atoms with Crippen molar-refractivity contribution in [1.82, 2.24) is 5.32 Å². The maximum atomic E-state index is 13.6. The number of ether oxygens (including phenoxy) is 2. The van der Waals surface area contributed by atoms with Gasteiger partial charge < -0.3 is 25.4 Å². The standard InChI is InChI=1S/C40H37N3O5S/c1-26-15-22-34(27(2)23-26)42-40(46)37(28-11-7-5-8-12-28)49-33-20-17-31(18-21-33)41-39(45)35(43-38(44)29-13-9-6-10-14-29)24-30-16-19-32(47-3)25-36(30)48-4/h5-25,37H,1-4H3,(H,41,45)(H,42,46)(H,43,44)/b35-24-. The van der Waals surface area contributed by atoms with E-state index < -0.39 is 17.1 Å². The summed E-state index contributed by atoms with van der Waals surface area (Å²) in [6, 6.07) is 36.6. The summed E-state index contributed by atoms with van der Waals surface area (Å²) in [6.07, 6.45) is 1.55. The highest BCUT2D eigenvalue weighted by Gasteiger charge is 2.23. The van der Waals surface area contributed by atoms with Gasteiger partial charge in [-0.15, -0.1) is 11.8 Å². The fourth-order valence-electron chi connectivity index (χ4n) is 5.04. The second kappa shape index (κ2) is 16.3. The lowest BCUT2D eigenvalue weighted by molar-refractivity contribution is -0.116. The first-order valence-corrected chi connectivity index (χ1v) is 16.4. The molecule has 5 aromatic rings. The van der Waals surface area contributed by atoms with Crippen LogP contribution in [0, 0.1) is 13.8 Å². The van der Waals surface area contributed by atoms with Crippen molar-refractivity contribution in [1.29, 1.82) is 0 Å². The van der Waals surface area contributed by atoms with Crippen molar-refractivity contribution in [2.75, 3.05) is 24.9 Å². The molecule has 0 fully saturated rings. The number of aryl methyl sites for hydroxylation is 2. The Balaban J connectivity index is 1.36. The van der Waals surface area contributed by atoms with Crippen LogP contribution in [0.5, 0.6) is 11.5 Å². The highest BCUT2D eigenvalue weighted by molar-refractivity contribution is 8.00. The molecule has 5 rings (SSSR count). The van der Waals surface area contributed by atoms with Gasteiger partial charge in [-0.25, -0.2) is 0 Å². The summed E-state index contributed by atoms with van der Waals surface area (Å²) < 4.78 is 10.8. The smallest absolute Gasteiger partial charge is 0.272 e. The Hall–Kier alpha value is -5.80. The second-order valence-electron chi connectivity index (χ2n) is 11.2. The molecule has 3 N–H and O–H groups in total. The molecular formula is C40H37N3O5S. The molecule has 1 atom stereocenters. The van der Waals surface area contributed by atoms with E-state index in [-0.39, 0.29) is 11.6 Å². The van der Waals surface area contributed by atoms with Gasteiger partial charge in [-0.3, -0.25) is 14.4 Å². The second-order valence-corrected chi connectivity index (χ2v) is 12.4. The highest BCUT2D eigenvalue weighted by Crippen LogP contribution is 2.37. The number of methoxy groups -OCH3 is 2. The van der Waals surface area contributed by atoms with Crippen molar-refractivity contribution in [3.8, 4) is 11.5 Å². The SMILES string of the molecule is COc1ccc(/C=C(\NC(=O)c2ccccc2)C(=O)Nc2ccc(SC(C(=O)Nc3ccc(C)cc3C)c3ccccc3)cc2)c(OC)c1. The van der Waals surface area contributed by atoms with Crippen LogP contribution in [0.25, 0.3) is 6.08 Å². The van der Waals surface area contributed by atoms with Crippen LogP contribution < -0.4 is 25.4 Å². The molecule has 0 aliphatic carbocycles. The largest absolute Gasteiger partial charge is 0.497 e. The molecule has 0 bridgehead atoms. The Bertz CT molecular complexity index is 1960. The van der Waals surface area contributed by atoms with Gasteiger partial charge >= 0.3 is 0 Å². The van der Waals surface area contributed by atoms with E-state index >= 15 is 0 Å². The molecule has 248 valence electrons. The third-order valence-electron chi connectivity index (χ3n) is 7.62. The first-order valence-electron chi connectivity index (χ1n) is 15.6.